The first-order valence-corrected chi connectivity index (χ1v) is 7.28. The first-order valence-electron chi connectivity index (χ1n) is 6.40. The fraction of sp³-hybridized carbons (Fsp3) is 0.692. The zero-order valence-corrected chi connectivity index (χ0v) is 12.5. The van der Waals surface area contributed by atoms with Gasteiger partial charge in [-0.25, -0.2) is 4.98 Å². The molecule has 5 heteroatoms. The van der Waals surface area contributed by atoms with Crippen LogP contribution in [0.3, 0.4) is 0 Å². The van der Waals surface area contributed by atoms with Crippen LogP contribution in [0.4, 0.5) is 0 Å². The van der Waals surface area contributed by atoms with Gasteiger partial charge < -0.3 is 10.6 Å². The van der Waals surface area contributed by atoms with E-state index in [0.29, 0.717) is 12.2 Å². The maximum atomic E-state index is 11.8. The number of thiazole rings is 1. The number of aromatic nitrogens is 1. The van der Waals surface area contributed by atoms with Crippen LogP contribution in [0.1, 0.15) is 49.6 Å². The summed E-state index contributed by atoms with van der Waals surface area (Å²) in [7, 11) is 0. The van der Waals surface area contributed by atoms with Gasteiger partial charge in [0, 0.05) is 23.9 Å². The van der Waals surface area contributed by atoms with Crippen molar-refractivity contribution >= 4 is 17.2 Å². The second-order valence-corrected chi connectivity index (χ2v) is 6.15. The molecule has 0 spiro atoms. The van der Waals surface area contributed by atoms with Crippen LogP contribution in [0.5, 0.6) is 0 Å². The normalized spacial score (nSPS) is 11.6. The molecule has 1 rings (SSSR count). The maximum Gasteiger partial charge on any atom is 0.270 e. The quantitative estimate of drug-likeness (QED) is 0.778. The average Bonchev–Trinajstić information content (AvgIpc) is 2.77. The van der Waals surface area contributed by atoms with Gasteiger partial charge in [0.25, 0.3) is 5.91 Å². The molecular formula is C13H23N3OS. The molecule has 0 aliphatic heterocycles. The fourth-order valence-corrected chi connectivity index (χ4v) is 2.27. The van der Waals surface area contributed by atoms with E-state index in [0.717, 1.165) is 24.5 Å². The number of hydrogen-bond acceptors (Lipinski definition) is 4. The van der Waals surface area contributed by atoms with Crippen LogP contribution in [0.25, 0.3) is 0 Å². The van der Waals surface area contributed by atoms with Crippen LogP contribution < -0.4 is 10.6 Å². The van der Waals surface area contributed by atoms with E-state index in [1.807, 2.05) is 5.38 Å². The van der Waals surface area contributed by atoms with Crippen LogP contribution in [0, 0.1) is 0 Å². The molecular weight excluding hydrogens is 246 g/mol. The molecule has 0 saturated carbocycles. The molecule has 0 atom stereocenters. The number of nitrogens with one attached hydrogen (secondary N) is 2. The van der Waals surface area contributed by atoms with Gasteiger partial charge in [0.1, 0.15) is 5.69 Å². The van der Waals surface area contributed by atoms with Crippen LogP contribution in [-0.2, 0) is 5.41 Å². The van der Waals surface area contributed by atoms with Gasteiger partial charge in [-0.1, -0.05) is 27.7 Å². The molecule has 2 N–H and O–H groups in total. The van der Waals surface area contributed by atoms with Crippen molar-refractivity contribution in [1.29, 1.82) is 0 Å². The standard InChI is InChI=1S/C13H23N3OS/c1-5-6-14-7-8-15-11(17)10-9-18-12(16-10)13(2,3)4/h9,14H,5-8H2,1-4H3,(H,15,17). The van der Waals surface area contributed by atoms with Gasteiger partial charge in [0.05, 0.1) is 5.01 Å². The van der Waals surface area contributed by atoms with Gasteiger partial charge in [-0.15, -0.1) is 11.3 Å². The highest BCUT2D eigenvalue weighted by Crippen LogP contribution is 2.25. The molecule has 0 aliphatic carbocycles. The Hall–Kier alpha value is -0.940. The number of hydrogen-bond donors (Lipinski definition) is 2. The van der Waals surface area contributed by atoms with Crippen LogP contribution >= 0.6 is 11.3 Å². The van der Waals surface area contributed by atoms with Crippen LogP contribution in [0.15, 0.2) is 5.38 Å². The van der Waals surface area contributed by atoms with Gasteiger partial charge in [-0.3, -0.25) is 4.79 Å². The monoisotopic (exact) mass is 269 g/mol. The smallest absolute Gasteiger partial charge is 0.270 e. The summed E-state index contributed by atoms with van der Waals surface area (Å²) in [5.41, 5.74) is 0.534. The molecule has 18 heavy (non-hydrogen) atoms. The van der Waals surface area contributed by atoms with E-state index in [1.165, 1.54) is 0 Å². The van der Waals surface area contributed by atoms with E-state index in [1.54, 1.807) is 11.3 Å². The molecule has 0 aromatic carbocycles. The Morgan fingerprint density at radius 2 is 2.06 bits per heavy atom. The largest absolute Gasteiger partial charge is 0.349 e. The van der Waals surface area contributed by atoms with Crippen molar-refractivity contribution in [2.24, 2.45) is 0 Å². The zero-order chi connectivity index (χ0) is 13.6. The minimum absolute atomic E-state index is 0.00583. The highest BCUT2D eigenvalue weighted by atomic mass is 32.1. The Balaban J connectivity index is 2.40. The predicted molar refractivity (Wildman–Crippen MR) is 76.3 cm³/mol. The number of amides is 1. The Bertz CT molecular complexity index is 382. The number of carbonyl (C=O) groups is 1. The van der Waals surface area contributed by atoms with Crippen molar-refractivity contribution in [3.05, 3.63) is 16.1 Å². The summed E-state index contributed by atoms with van der Waals surface area (Å²) < 4.78 is 0. The van der Waals surface area contributed by atoms with E-state index >= 15 is 0 Å². The van der Waals surface area contributed by atoms with Crippen LogP contribution in [-0.4, -0.2) is 30.5 Å². The lowest BCUT2D eigenvalue weighted by molar-refractivity contribution is 0.0949. The minimum atomic E-state index is -0.0833. The van der Waals surface area contributed by atoms with Crippen LogP contribution in [0.2, 0.25) is 0 Å². The lowest BCUT2D eigenvalue weighted by Gasteiger charge is -2.13. The molecule has 0 saturated heterocycles. The summed E-state index contributed by atoms with van der Waals surface area (Å²) in [5, 5.41) is 8.93. The molecule has 1 heterocycles. The molecule has 1 amide bonds. The zero-order valence-electron chi connectivity index (χ0n) is 11.7. The SMILES string of the molecule is CCCNCCNC(=O)c1csc(C(C)(C)C)n1. The lowest BCUT2D eigenvalue weighted by atomic mass is 9.98. The minimum Gasteiger partial charge on any atom is -0.349 e. The van der Waals surface area contributed by atoms with Crippen molar-refractivity contribution in [1.82, 2.24) is 15.6 Å². The molecule has 4 nitrogen and oxygen atoms in total. The summed E-state index contributed by atoms with van der Waals surface area (Å²) in [5.74, 6) is -0.0833. The topological polar surface area (TPSA) is 54.0 Å². The maximum absolute atomic E-state index is 11.8. The van der Waals surface area contributed by atoms with E-state index in [9.17, 15) is 4.79 Å². The number of rotatable bonds is 6. The second kappa shape index (κ2) is 6.85. The Kier molecular flexibility index (Phi) is 5.75. The molecule has 0 fully saturated rings. The van der Waals surface area contributed by atoms with E-state index in [2.05, 4.69) is 43.3 Å². The van der Waals surface area contributed by atoms with Gasteiger partial charge in [0.15, 0.2) is 0 Å². The van der Waals surface area contributed by atoms with Crippen molar-refractivity contribution in [2.45, 2.75) is 39.5 Å². The van der Waals surface area contributed by atoms with Gasteiger partial charge in [-0.2, -0.15) is 0 Å². The first kappa shape index (κ1) is 15.1. The summed E-state index contributed by atoms with van der Waals surface area (Å²) >= 11 is 1.54. The molecule has 0 radical (unpaired) electrons. The Morgan fingerprint density at radius 1 is 1.33 bits per heavy atom. The van der Waals surface area contributed by atoms with E-state index < -0.39 is 0 Å². The lowest BCUT2D eigenvalue weighted by Crippen LogP contribution is -2.32. The Morgan fingerprint density at radius 3 is 2.61 bits per heavy atom. The third-order valence-corrected chi connectivity index (χ3v) is 3.66. The molecule has 102 valence electrons. The van der Waals surface area contributed by atoms with Gasteiger partial charge >= 0.3 is 0 Å². The summed E-state index contributed by atoms with van der Waals surface area (Å²) in [4.78, 5) is 16.2. The highest BCUT2D eigenvalue weighted by Gasteiger charge is 2.19. The van der Waals surface area contributed by atoms with Crippen molar-refractivity contribution in [2.75, 3.05) is 19.6 Å². The number of nitrogens with zero attached hydrogens (tertiary/aromatic N) is 1. The van der Waals surface area contributed by atoms with E-state index in [4.69, 9.17) is 0 Å². The van der Waals surface area contributed by atoms with E-state index in [-0.39, 0.29) is 11.3 Å². The predicted octanol–water partition coefficient (Wildman–Crippen LogP) is 2.17. The third-order valence-electron chi connectivity index (χ3n) is 2.39. The summed E-state index contributed by atoms with van der Waals surface area (Å²) in [6.45, 7) is 10.8. The molecule has 1 aromatic rings. The van der Waals surface area contributed by atoms with Gasteiger partial charge in [0.2, 0.25) is 0 Å². The molecule has 0 unspecified atom stereocenters. The van der Waals surface area contributed by atoms with Crippen molar-refractivity contribution < 1.29 is 4.79 Å². The second-order valence-electron chi connectivity index (χ2n) is 5.29. The Labute approximate surface area is 113 Å². The third kappa shape index (κ3) is 4.74. The summed E-state index contributed by atoms with van der Waals surface area (Å²) in [6.07, 6.45) is 1.11. The molecule has 0 aliphatic rings. The van der Waals surface area contributed by atoms with Gasteiger partial charge in [-0.05, 0) is 13.0 Å². The van der Waals surface area contributed by atoms with Crippen molar-refractivity contribution in [3.63, 3.8) is 0 Å². The highest BCUT2D eigenvalue weighted by molar-refractivity contribution is 7.10. The fourth-order valence-electron chi connectivity index (χ4n) is 1.38. The molecule has 1 aromatic heterocycles. The summed E-state index contributed by atoms with van der Waals surface area (Å²) in [6, 6.07) is 0. The average molecular weight is 269 g/mol. The number of carbonyl (C=O) groups excluding carboxylic acids is 1. The first-order chi connectivity index (χ1) is 8.45. The van der Waals surface area contributed by atoms with Crippen molar-refractivity contribution in [3.8, 4) is 0 Å². The molecule has 0 bridgehead atoms.